The van der Waals surface area contributed by atoms with E-state index in [4.69, 9.17) is 27.9 Å². The Kier molecular flexibility index (Phi) is 7.49. The van der Waals surface area contributed by atoms with Crippen LogP contribution in [0, 0.1) is 5.82 Å². The van der Waals surface area contributed by atoms with Crippen molar-refractivity contribution in [3.63, 3.8) is 0 Å². The molecule has 1 aliphatic rings. The summed E-state index contributed by atoms with van der Waals surface area (Å²) in [6.45, 7) is -0.363. The van der Waals surface area contributed by atoms with Crippen LogP contribution in [0.15, 0.2) is 84.6 Å². The lowest BCUT2D eigenvalue weighted by atomic mass is 10.1. The van der Waals surface area contributed by atoms with Crippen LogP contribution in [-0.4, -0.2) is 29.3 Å². The molecule has 1 fully saturated rings. The van der Waals surface area contributed by atoms with Gasteiger partial charge in [0.15, 0.2) is 5.75 Å². The summed E-state index contributed by atoms with van der Waals surface area (Å²) in [6, 6.07) is 21.7. The number of anilines is 1. The van der Waals surface area contributed by atoms with Crippen LogP contribution in [0.2, 0.25) is 10.0 Å². The van der Waals surface area contributed by atoms with Crippen LogP contribution in [0.1, 0.15) is 11.1 Å². The van der Waals surface area contributed by atoms with Crippen molar-refractivity contribution in [3.05, 3.63) is 112 Å². The summed E-state index contributed by atoms with van der Waals surface area (Å²) in [7, 11) is 0. The summed E-state index contributed by atoms with van der Waals surface area (Å²) in [5, 5.41) is 7.33. The van der Waals surface area contributed by atoms with Crippen molar-refractivity contribution >= 4 is 63.6 Å². The molecule has 1 aliphatic heterocycles. The van der Waals surface area contributed by atoms with Gasteiger partial charge in [-0.15, -0.1) is 0 Å². The molecule has 2 N–H and O–H groups in total. The molecular weight excluding hydrogens is 544 g/mol. The number of fused-ring (bicyclic) bond motifs is 1. The number of benzene rings is 4. The molecule has 39 heavy (non-hydrogen) atoms. The lowest BCUT2D eigenvalue weighted by Crippen LogP contribution is -2.38. The summed E-state index contributed by atoms with van der Waals surface area (Å²) in [6.07, 6.45) is 1.39. The van der Waals surface area contributed by atoms with Crippen molar-refractivity contribution in [1.82, 2.24) is 10.2 Å². The molecule has 0 unspecified atom stereocenters. The number of urea groups is 1. The number of imide groups is 1. The molecule has 1 saturated heterocycles. The van der Waals surface area contributed by atoms with Gasteiger partial charge in [-0.3, -0.25) is 9.59 Å². The maximum Gasteiger partial charge on any atom is 0.329 e. The molecule has 0 atom stereocenters. The van der Waals surface area contributed by atoms with E-state index >= 15 is 0 Å². The Morgan fingerprint density at radius 1 is 0.974 bits per heavy atom. The first kappa shape index (κ1) is 26.2. The van der Waals surface area contributed by atoms with Gasteiger partial charge in [0.2, 0.25) is 5.91 Å². The fourth-order valence-corrected chi connectivity index (χ4v) is 4.76. The van der Waals surface area contributed by atoms with E-state index in [2.05, 4.69) is 10.6 Å². The number of nitrogens with one attached hydrogen (secondary N) is 2. The molecule has 4 aromatic carbocycles. The fourth-order valence-electron chi connectivity index (χ4n) is 4.15. The van der Waals surface area contributed by atoms with Crippen LogP contribution in [0.3, 0.4) is 0 Å². The molecular formula is C29H20Cl2FN3O4. The Labute approximate surface area is 232 Å². The van der Waals surface area contributed by atoms with Crippen LogP contribution in [0.25, 0.3) is 16.8 Å². The number of halogens is 3. The number of ether oxygens (including phenoxy) is 1. The summed E-state index contributed by atoms with van der Waals surface area (Å²) < 4.78 is 19.7. The van der Waals surface area contributed by atoms with Gasteiger partial charge in [-0.2, -0.15) is 0 Å². The minimum absolute atomic E-state index is 0.0580. The second-order valence-electron chi connectivity index (χ2n) is 8.65. The van der Waals surface area contributed by atoms with E-state index in [0.717, 1.165) is 16.3 Å². The minimum Gasteiger partial charge on any atom is -0.486 e. The fraction of sp³-hybridized carbons (Fsp3) is 0.0690. The third-order valence-electron chi connectivity index (χ3n) is 6.00. The van der Waals surface area contributed by atoms with Crippen LogP contribution >= 0.6 is 23.2 Å². The standard InChI is InChI=1S/C29H20Cl2FN3O4/c30-21-12-17(13-22(31)27(21)39-16-19-8-5-7-18-6-1-2-9-20(18)19)14-25-28(37)35(29(38)34-25)15-26(36)33-24-11-4-3-10-23(24)32/h1-14H,15-16H2,(H,33,36)(H,34,38)/b25-14+. The molecule has 5 rings (SSSR count). The molecule has 7 nitrogen and oxygen atoms in total. The maximum atomic E-state index is 13.8. The van der Waals surface area contributed by atoms with Crippen molar-refractivity contribution in [3.8, 4) is 5.75 Å². The average Bonchev–Trinajstić information content (AvgIpc) is 3.16. The third-order valence-corrected chi connectivity index (χ3v) is 6.56. The molecule has 0 saturated carbocycles. The Balaban J connectivity index is 1.28. The molecule has 4 aromatic rings. The number of para-hydroxylation sites is 1. The predicted molar refractivity (Wildman–Crippen MR) is 148 cm³/mol. The number of hydrogen-bond acceptors (Lipinski definition) is 4. The zero-order valence-corrected chi connectivity index (χ0v) is 21.7. The van der Waals surface area contributed by atoms with Gasteiger partial charge < -0.3 is 15.4 Å². The van der Waals surface area contributed by atoms with E-state index in [1.165, 1.54) is 24.3 Å². The molecule has 0 spiro atoms. The molecule has 1 heterocycles. The highest BCUT2D eigenvalue weighted by molar-refractivity contribution is 6.37. The van der Waals surface area contributed by atoms with Gasteiger partial charge in [-0.25, -0.2) is 14.1 Å². The zero-order chi connectivity index (χ0) is 27.5. The number of amides is 4. The Hall–Kier alpha value is -4.40. The van der Waals surface area contributed by atoms with E-state index in [9.17, 15) is 18.8 Å². The highest BCUT2D eigenvalue weighted by Gasteiger charge is 2.35. The smallest absolute Gasteiger partial charge is 0.329 e. The molecule has 0 radical (unpaired) electrons. The van der Waals surface area contributed by atoms with E-state index in [1.807, 2.05) is 42.5 Å². The Morgan fingerprint density at radius 3 is 2.44 bits per heavy atom. The molecule has 0 bridgehead atoms. The minimum atomic E-state index is -0.790. The van der Waals surface area contributed by atoms with Gasteiger partial charge in [-0.05, 0) is 52.2 Å². The molecule has 4 amide bonds. The SMILES string of the molecule is O=C(CN1C(=O)N/C(=C/c2cc(Cl)c(OCc3cccc4ccccc34)c(Cl)c2)C1=O)Nc1ccccc1F. The van der Waals surface area contributed by atoms with Crippen molar-refractivity contribution < 1.29 is 23.5 Å². The van der Waals surface area contributed by atoms with Crippen molar-refractivity contribution in [2.75, 3.05) is 11.9 Å². The van der Waals surface area contributed by atoms with Gasteiger partial charge in [0.05, 0.1) is 15.7 Å². The number of rotatable bonds is 7. The molecule has 196 valence electrons. The van der Waals surface area contributed by atoms with Crippen LogP contribution < -0.4 is 15.4 Å². The number of nitrogens with zero attached hydrogens (tertiary/aromatic N) is 1. The molecule has 10 heteroatoms. The average molecular weight is 564 g/mol. The highest BCUT2D eigenvalue weighted by Crippen LogP contribution is 2.36. The van der Waals surface area contributed by atoms with E-state index in [0.29, 0.717) is 10.5 Å². The number of carbonyl (C=O) groups excluding carboxylic acids is 3. The first-order chi connectivity index (χ1) is 18.8. The van der Waals surface area contributed by atoms with Crippen molar-refractivity contribution in [2.24, 2.45) is 0 Å². The first-order valence-electron chi connectivity index (χ1n) is 11.8. The molecule has 0 aromatic heterocycles. The second kappa shape index (κ2) is 11.1. The summed E-state index contributed by atoms with van der Waals surface area (Å²) in [4.78, 5) is 38.2. The lowest BCUT2D eigenvalue weighted by Gasteiger charge is -2.13. The summed E-state index contributed by atoms with van der Waals surface area (Å²) in [5.74, 6) is -1.82. The van der Waals surface area contributed by atoms with Gasteiger partial charge in [0.25, 0.3) is 5.91 Å². The third kappa shape index (κ3) is 5.72. The van der Waals surface area contributed by atoms with E-state index in [1.54, 1.807) is 18.2 Å². The van der Waals surface area contributed by atoms with E-state index in [-0.39, 0.29) is 33.8 Å². The van der Waals surface area contributed by atoms with Crippen LogP contribution in [0.4, 0.5) is 14.9 Å². The topological polar surface area (TPSA) is 87.7 Å². The summed E-state index contributed by atoms with van der Waals surface area (Å²) in [5.41, 5.74) is 1.27. The predicted octanol–water partition coefficient (Wildman–Crippen LogP) is 6.40. The quantitative estimate of drug-likeness (QED) is 0.201. The first-order valence-corrected chi connectivity index (χ1v) is 12.5. The second-order valence-corrected chi connectivity index (χ2v) is 9.46. The van der Waals surface area contributed by atoms with E-state index < -0.39 is 30.2 Å². The number of hydrogen-bond donors (Lipinski definition) is 2. The number of carbonyl (C=O) groups is 3. The monoisotopic (exact) mass is 563 g/mol. The van der Waals surface area contributed by atoms with Gasteiger partial charge in [-0.1, -0.05) is 77.8 Å². The largest absolute Gasteiger partial charge is 0.486 e. The van der Waals surface area contributed by atoms with Gasteiger partial charge >= 0.3 is 6.03 Å². The van der Waals surface area contributed by atoms with Gasteiger partial charge in [0.1, 0.15) is 24.7 Å². The molecule has 0 aliphatic carbocycles. The van der Waals surface area contributed by atoms with Crippen molar-refractivity contribution in [1.29, 1.82) is 0 Å². The van der Waals surface area contributed by atoms with Crippen LogP contribution in [-0.2, 0) is 16.2 Å². The Bertz CT molecular complexity index is 1630. The zero-order valence-electron chi connectivity index (χ0n) is 20.2. The van der Waals surface area contributed by atoms with Gasteiger partial charge in [0, 0.05) is 0 Å². The lowest BCUT2D eigenvalue weighted by molar-refractivity contribution is -0.127. The maximum absolute atomic E-state index is 13.8. The Morgan fingerprint density at radius 2 is 1.67 bits per heavy atom. The van der Waals surface area contributed by atoms with Crippen molar-refractivity contribution in [2.45, 2.75) is 6.61 Å². The summed E-state index contributed by atoms with van der Waals surface area (Å²) >= 11 is 12.9. The normalized spacial score (nSPS) is 14.1. The highest BCUT2D eigenvalue weighted by atomic mass is 35.5. The van der Waals surface area contributed by atoms with Crippen LogP contribution in [0.5, 0.6) is 5.75 Å².